The Bertz CT molecular complexity index is 1190. The normalized spacial score (nSPS) is 23.8. The molecule has 5 rings (SSSR count). The number of nitrogens with zero attached hydrogens (tertiary/aromatic N) is 1. The summed E-state index contributed by atoms with van der Waals surface area (Å²) >= 11 is 0. The molecule has 8 nitrogen and oxygen atoms in total. The number of benzene rings is 2. The van der Waals surface area contributed by atoms with E-state index in [0.717, 1.165) is 41.5 Å². The third-order valence-electron chi connectivity index (χ3n) is 7.99. The molecule has 2 aromatic carbocycles. The van der Waals surface area contributed by atoms with Crippen LogP contribution in [-0.4, -0.2) is 59.5 Å². The third kappa shape index (κ3) is 5.34. The van der Waals surface area contributed by atoms with Crippen LogP contribution in [0.3, 0.4) is 0 Å². The Morgan fingerprint density at radius 1 is 0.923 bits per heavy atom. The van der Waals surface area contributed by atoms with E-state index >= 15 is 0 Å². The van der Waals surface area contributed by atoms with Crippen molar-refractivity contribution in [3.63, 3.8) is 0 Å². The first-order valence-corrected chi connectivity index (χ1v) is 13.9. The quantitative estimate of drug-likeness (QED) is 0.386. The van der Waals surface area contributed by atoms with E-state index < -0.39 is 23.2 Å². The second-order valence-corrected chi connectivity index (χ2v) is 11.8. The molecule has 2 amide bonds. The van der Waals surface area contributed by atoms with E-state index in [2.05, 4.69) is 29.6 Å². The molecule has 0 spiro atoms. The van der Waals surface area contributed by atoms with Crippen LogP contribution in [0.2, 0.25) is 0 Å². The Labute approximate surface area is 230 Å². The molecule has 39 heavy (non-hydrogen) atoms. The van der Waals surface area contributed by atoms with Gasteiger partial charge in [-0.3, -0.25) is 0 Å². The summed E-state index contributed by atoms with van der Waals surface area (Å²) in [4.78, 5) is 41.5. The summed E-state index contributed by atoms with van der Waals surface area (Å²) in [5.41, 5.74) is 2.63. The van der Waals surface area contributed by atoms with Gasteiger partial charge in [0.25, 0.3) is 0 Å². The van der Waals surface area contributed by atoms with Crippen molar-refractivity contribution >= 4 is 18.2 Å². The van der Waals surface area contributed by atoms with Crippen LogP contribution in [-0.2, 0) is 19.0 Å². The minimum absolute atomic E-state index is 0.0879. The van der Waals surface area contributed by atoms with E-state index in [1.165, 1.54) is 0 Å². The van der Waals surface area contributed by atoms with Gasteiger partial charge in [0.2, 0.25) is 0 Å². The first-order valence-electron chi connectivity index (χ1n) is 13.9. The summed E-state index contributed by atoms with van der Waals surface area (Å²) in [5.74, 6) is -0.575. The summed E-state index contributed by atoms with van der Waals surface area (Å²) in [6, 6.07) is 15.8. The number of amides is 2. The molecule has 2 atom stereocenters. The number of nitrogens with one attached hydrogen (secondary N) is 1. The number of hydrogen-bond acceptors (Lipinski definition) is 6. The molecule has 0 aromatic heterocycles. The maximum absolute atomic E-state index is 13.4. The van der Waals surface area contributed by atoms with Crippen molar-refractivity contribution in [2.45, 2.75) is 88.9 Å². The Kier molecular flexibility index (Phi) is 7.31. The van der Waals surface area contributed by atoms with Gasteiger partial charge in [-0.15, -0.1) is 0 Å². The Balaban J connectivity index is 1.33. The molecule has 3 aliphatic rings. The molecule has 2 fully saturated rings. The van der Waals surface area contributed by atoms with Crippen molar-refractivity contribution in [1.82, 2.24) is 10.2 Å². The van der Waals surface area contributed by atoms with Gasteiger partial charge in [-0.2, -0.15) is 0 Å². The molecule has 1 aliphatic carbocycles. The first-order chi connectivity index (χ1) is 18.6. The molecule has 0 radical (unpaired) electrons. The summed E-state index contributed by atoms with van der Waals surface area (Å²) in [5, 5.41) is 2.91. The van der Waals surface area contributed by atoms with Crippen molar-refractivity contribution in [2.24, 2.45) is 0 Å². The van der Waals surface area contributed by atoms with Gasteiger partial charge < -0.3 is 24.4 Å². The maximum Gasteiger partial charge on any atom is 0.410 e. The van der Waals surface area contributed by atoms with Crippen LogP contribution in [0.4, 0.5) is 9.59 Å². The van der Waals surface area contributed by atoms with Gasteiger partial charge in [-0.25, -0.2) is 14.4 Å². The average Bonchev–Trinajstić information content (AvgIpc) is 3.20. The lowest BCUT2D eigenvalue weighted by Crippen LogP contribution is -2.68. The number of esters is 1. The fourth-order valence-corrected chi connectivity index (χ4v) is 6.49. The van der Waals surface area contributed by atoms with Gasteiger partial charge in [-0.05, 0) is 69.2 Å². The second-order valence-electron chi connectivity index (χ2n) is 11.8. The molecule has 2 bridgehead atoms. The monoisotopic (exact) mass is 534 g/mol. The summed E-state index contributed by atoms with van der Waals surface area (Å²) < 4.78 is 16.9. The molecule has 2 aromatic rings. The van der Waals surface area contributed by atoms with Crippen LogP contribution < -0.4 is 5.32 Å². The number of carbonyl (C=O) groups excluding carboxylic acids is 3. The molecule has 2 saturated heterocycles. The van der Waals surface area contributed by atoms with Gasteiger partial charge >= 0.3 is 18.2 Å². The third-order valence-corrected chi connectivity index (χ3v) is 7.99. The highest BCUT2D eigenvalue weighted by atomic mass is 16.6. The van der Waals surface area contributed by atoms with Crippen LogP contribution in [0.1, 0.15) is 76.8 Å². The molecule has 2 aliphatic heterocycles. The van der Waals surface area contributed by atoms with Crippen molar-refractivity contribution in [3.8, 4) is 11.1 Å². The van der Waals surface area contributed by atoms with Gasteiger partial charge in [0.1, 0.15) is 17.7 Å². The highest BCUT2D eigenvalue weighted by molar-refractivity contribution is 5.87. The SMILES string of the molecule is CCOC(=O)C1(NC(=O)OCC2c3ccccc3-c3ccccc32)CC2CCCC(C1)N2C(=O)OC(C)(C)C. The second kappa shape index (κ2) is 10.5. The fourth-order valence-electron chi connectivity index (χ4n) is 6.49. The van der Waals surface area contributed by atoms with Gasteiger partial charge in [0.15, 0.2) is 0 Å². The number of carbonyl (C=O) groups is 3. The Morgan fingerprint density at radius 2 is 1.49 bits per heavy atom. The van der Waals surface area contributed by atoms with Crippen molar-refractivity contribution in [1.29, 1.82) is 0 Å². The topological polar surface area (TPSA) is 94.2 Å². The van der Waals surface area contributed by atoms with Crippen molar-refractivity contribution in [2.75, 3.05) is 13.2 Å². The van der Waals surface area contributed by atoms with Crippen LogP contribution in [0.25, 0.3) is 11.1 Å². The predicted molar refractivity (Wildman–Crippen MR) is 146 cm³/mol. The van der Waals surface area contributed by atoms with E-state index in [-0.39, 0.29) is 50.2 Å². The summed E-state index contributed by atoms with van der Waals surface area (Å²) in [6.07, 6.45) is 1.87. The highest BCUT2D eigenvalue weighted by Gasteiger charge is 2.54. The minimum Gasteiger partial charge on any atom is -0.464 e. The molecule has 8 heteroatoms. The predicted octanol–water partition coefficient (Wildman–Crippen LogP) is 5.78. The Morgan fingerprint density at radius 3 is 2.03 bits per heavy atom. The molecular formula is C31H38N2O6. The summed E-state index contributed by atoms with van der Waals surface area (Å²) in [6.45, 7) is 7.61. The zero-order chi connectivity index (χ0) is 27.8. The van der Waals surface area contributed by atoms with Crippen molar-refractivity contribution < 1.29 is 28.6 Å². The minimum atomic E-state index is -1.27. The van der Waals surface area contributed by atoms with Crippen LogP contribution in [0.5, 0.6) is 0 Å². The maximum atomic E-state index is 13.4. The highest BCUT2D eigenvalue weighted by Crippen LogP contribution is 2.45. The number of hydrogen-bond donors (Lipinski definition) is 1. The molecule has 2 heterocycles. The van der Waals surface area contributed by atoms with Crippen LogP contribution in [0, 0.1) is 0 Å². The number of alkyl carbamates (subject to hydrolysis) is 1. The Hall–Kier alpha value is -3.55. The summed E-state index contributed by atoms with van der Waals surface area (Å²) in [7, 11) is 0. The zero-order valence-corrected chi connectivity index (χ0v) is 23.2. The lowest BCUT2D eigenvalue weighted by Gasteiger charge is -2.52. The van der Waals surface area contributed by atoms with E-state index in [9.17, 15) is 14.4 Å². The van der Waals surface area contributed by atoms with Gasteiger partial charge in [0, 0.05) is 30.8 Å². The van der Waals surface area contributed by atoms with E-state index in [4.69, 9.17) is 14.2 Å². The molecule has 1 N–H and O–H groups in total. The average molecular weight is 535 g/mol. The van der Waals surface area contributed by atoms with Crippen LogP contribution in [0.15, 0.2) is 48.5 Å². The van der Waals surface area contributed by atoms with E-state index in [1.807, 2.05) is 45.0 Å². The number of fused-ring (bicyclic) bond motifs is 5. The number of rotatable bonds is 5. The van der Waals surface area contributed by atoms with Crippen molar-refractivity contribution in [3.05, 3.63) is 59.7 Å². The fraction of sp³-hybridized carbons (Fsp3) is 0.516. The van der Waals surface area contributed by atoms with Gasteiger partial charge in [0.05, 0.1) is 6.61 Å². The molecule has 0 saturated carbocycles. The standard InChI is InChI=1S/C31H38N2O6/c1-5-37-27(34)31(17-20-11-10-12-21(18-31)33(20)29(36)39-30(2,3)4)32-28(35)38-19-26-24-15-8-6-13-22(24)23-14-7-9-16-25(23)26/h6-9,13-16,20-21,26H,5,10-12,17-19H2,1-4H3,(H,32,35). The molecule has 2 unspecified atom stereocenters. The lowest BCUT2D eigenvalue weighted by atomic mass is 9.73. The van der Waals surface area contributed by atoms with Gasteiger partial charge in [-0.1, -0.05) is 48.5 Å². The lowest BCUT2D eigenvalue weighted by molar-refractivity contribution is -0.156. The number of piperidine rings is 2. The smallest absolute Gasteiger partial charge is 0.410 e. The molecule has 208 valence electrons. The van der Waals surface area contributed by atoms with E-state index in [1.54, 1.807) is 11.8 Å². The zero-order valence-electron chi connectivity index (χ0n) is 23.2. The largest absolute Gasteiger partial charge is 0.464 e. The number of ether oxygens (including phenoxy) is 3. The van der Waals surface area contributed by atoms with Crippen LogP contribution >= 0.6 is 0 Å². The first kappa shape index (κ1) is 27.0. The van der Waals surface area contributed by atoms with E-state index in [0.29, 0.717) is 0 Å². The molecular weight excluding hydrogens is 496 g/mol.